The number of hydrogen-bond acceptors (Lipinski definition) is 6. The Hall–Kier alpha value is -3.60. The zero-order valence-corrected chi connectivity index (χ0v) is 17.2. The van der Waals surface area contributed by atoms with E-state index >= 15 is 0 Å². The molecular formula is C21H17F3N2O5S. The van der Waals surface area contributed by atoms with Gasteiger partial charge in [0.05, 0.1) is 11.0 Å². The molecule has 0 saturated heterocycles. The highest BCUT2D eigenvalue weighted by Gasteiger charge is 2.31. The van der Waals surface area contributed by atoms with Crippen LogP contribution in [0.1, 0.15) is 27.1 Å². The molecule has 0 radical (unpaired) electrons. The summed E-state index contributed by atoms with van der Waals surface area (Å²) in [5, 5.41) is 13.8. The molecule has 0 aliphatic heterocycles. The molecule has 0 saturated carbocycles. The molecular weight excluding hydrogens is 449 g/mol. The van der Waals surface area contributed by atoms with Gasteiger partial charge >= 0.3 is 12.3 Å². The number of amides is 1. The predicted octanol–water partition coefficient (Wildman–Crippen LogP) is 4.22. The Morgan fingerprint density at radius 3 is 2.31 bits per heavy atom. The largest absolute Gasteiger partial charge is 0.573 e. The number of halogens is 3. The molecule has 0 fully saturated rings. The third kappa shape index (κ3) is 6.98. The van der Waals surface area contributed by atoms with Crippen LogP contribution in [0.3, 0.4) is 0 Å². The van der Waals surface area contributed by atoms with E-state index in [-0.39, 0.29) is 24.5 Å². The number of carbonyl (C=O) groups excluding carboxylic acids is 1. The lowest BCUT2D eigenvalue weighted by atomic mass is 10.0. The second-order valence-electron chi connectivity index (χ2n) is 6.47. The number of carboxylic acids is 1. The molecule has 11 heteroatoms. The summed E-state index contributed by atoms with van der Waals surface area (Å²) in [6, 6.07) is 13.3. The number of nitrogens with one attached hydrogen (secondary N) is 1. The smallest absolute Gasteiger partial charge is 0.484 e. The maximum atomic E-state index is 12.4. The average molecular weight is 466 g/mol. The minimum absolute atomic E-state index is 0.0654. The summed E-state index contributed by atoms with van der Waals surface area (Å²) < 4.78 is 45.8. The van der Waals surface area contributed by atoms with E-state index < -0.39 is 30.0 Å². The quantitative estimate of drug-likeness (QED) is 0.490. The molecule has 1 unspecified atom stereocenters. The summed E-state index contributed by atoms with van der Waals surface area (Å²) in [4.78, 5) is 27.5. The van der Waals surface area contributed by atoms with E-state index in [0.717, 1.165) is 17.7 Å². The van der Waals surface area contributed by atoms with Gasteiger partial charge < -0.3 is 19.9 Å². The van der Waals surface area contributed by atoms with Crippen LogP contribution in [-0.4, -0.2) is 34.9 Å². The number of thiazole rings is 1. The van der Waals surface area contributed by atoms with Crippen LogP contribution in [0.4, 0.5) is 13.2 Å². The van der Waals surface area contributed by atoms with Crippen molar-refractivity contribution in [2.45, 2.75) is 18.8 Å². The summed E-state index contributed by atoms with van der Waals surface area (Å²) in [6.45, 7) is -0.374. The normalized spacial score (nSPS) is 12.1. The lowest BCUT2D eigenvalue weighted by Crippen LogP contribution is -2.33. The Labute approximate surface area is 184 Å². The fourth-order valence-electron chi connectivity index (χ4n) is 2.74. The molecule has 0 bridgehead atoms. The highest BCUT2D eigenvalue weighted by molar-refractivity contribution is 7.09. The van der Waals surface area contributed by atoms with Gasteiger partial charge in [0.2, 0.25) is 0 Å². The maximum Gasteiger partial charge on any atom is 0.573 e. The summed E-state index contributed by atoms with van der Waals surface area (Å²) in [5.74, 6) is -1.81. The van der Waals surface area contributed by atoms with Crippen LogP contribution in [0.5, 0.6) is 11.5 Å². The summed E-state index contributed by atoms with van der Waals surface area (Å²) in [5.41, 5.74) is 0.728. The number of carboxylic acid groups (broad SMARTS) is 1. The highest BCUT2D eigenvalue weighted by atomic mass is 32.1. The molecule has 32 heavy (non-hydrogen) atoms. The van der Waals surface area contributed by atoms with Crippen LogP contribution in [0, 0.1) is 0 Å². The first kappa shape index (κ1) is 23.1. The second-order valence-corrected chi connectivity index (χ2v) is 7.42. The first-order valence-corrected chi connectivity index (χ1v) is 10.1. The van der Waals surface area contributed by atoms with Crippen molar-refractivity contribution in [3.05, 3.63) is 76.2 Å². The van der Waals surface area contributed by atoms with Crippen LogP contribution in [0.15, 0.2) is 60.0 Å². The Morgan fingerprint density at radius 2 is 1.72 bits per heavy atom. The molecule has 1 aromatic heterocycles. The number of carbonyl (C=O) groups is 2. The molecule has 168 valence electrons. The average Bonchev–Trinajstić information content (AvgIpc) is 3.21. The molecule has 0 spiro atoms. The lowest BCUT2D eigenvalue weighted by molar-refractivity contribution is -0.274. The minimum Gasteiger partial charge on any atom is -0.484 e. The van der Waals surface area contributed by atoms with E-state index in [9.17, 15) is 22.8 Å². The molecule has 1 amide bonds. The van der Waals surface area contributed by atoms with Crippen molar-refractivity contribution in [2.24, 2.45) is 0 Å². The van der Waals surface area contributed by atoms with Crippen molar-refractivity contribution in [1.82, 2.24) is 10.3 Å². The number of rotatable bonds is 9. The van der Waals surface area contributed by atoms with E-state index in [1.54, 1.807) is 12.1 Å². The van der Waals surface area contributed by atoms with Gasteiger partial charge in [0.15, 0.2) is 12.3 Å². The fraction of sp³-hybridized carbons (Fsp3) is 0.190. The molecule has 7 nitrogen and oxygen atoms in total. The van der Waals surface area contributed by atoms with E-state index in [4.69, 9.17) is 9.84 Å². The number of ether oxygens (including phenoxy) is 2. The van der Waals surface area contributed by atoms with Gasteiger partial charge in [-0.15, -0.1) is 24.5 Å². The van der Waals surface area contributed by atoms with Gasteiger partial charge in [0, 0.05) is 11.8 Å². The number of nitrogens with zero attached hydrogens (tertiary/aromatic N) is 1. The molecule has 3 aromatic rings. The van der Waals surface area contributed by atoms with Crippen LogP contribution in [-0.2, 0) is 11.2 Å². The standard InChI is InChI=1S/C21H17F3N2O5S/c22-21(23,24)31-15-8-6-14(7-9-15)30-11-18(27)25-16(13-4-2-1-3-5-13)10-19-26-17(12-32-19)20(28)29/h1-9,12,16H,10-11H2,(H,25,27)(H,28,29). The van der Waals surface area contributed by atoms with Crippen LogP contribution in [0.25, 0.3) is 0 Å². The van der Waals surface area contributed by atoms with Crippen molar-refractivity contribution in [1.29, 1.82) is 0 Å². The van der Waals surface area contributed by atoms with Gasteiger partial charge in [-0.2, -0.15) is 0 Å². The van der Waals surface area contributed by atoms with Crippen molar-refractivity contribution in [3.8, 4) is 11.5 Å². The highest BCUT2D eigenvalue weighted by Crippen LogP contribution is 2.25. The van der Waals surface area contributed by atoms with Crippen LogP contribution < -0.4 is 14.8 Å². The van der Waals surface area contributed by atoms with Crippen LogP contribution in [0.2, 0.25) is 0 Å². The van der Waals surface area contributed by atoms with Gasteiger partial charge in [0.1, 0.15) is 11.5 Å². The number of aromatic nitrogens is 1. The molecule has 2 aromatic carbocycles. The molecule has 0 aliphatic rings. The summed E-state index contributed by atoms with van der Waals surface area (Å²) in [7, 11) is 0. The Bertz CT molecular complexity index is 1060. The third-order valence-corrected chi connectivity index (χ3v) is 4.99. The Kier molecular flexibility index (Phi) is 7.31. The first-order valence-electron chi connectivity index (χ1n) is 9.20. The van der Waals surface area contributed by atoms with Gasteiger partial charge in [0.25, 0.3) is 5.91 Å². The van der Waals surface area contributed by atoms with Gasteiger partial charge in [-0.25, -0.2) is 9.78 Å². The second kappa shape index (κ2) is 10.1. The Morgan fingerprint density at radius 1 is 1.06 bits per heavy atom. The van der Waals surface area contributed by atoms with Gasteiger partial charge in [-0.1, -0.05) is 30.3 Å². The predicted molar refractivity (Wildman–Crippen MR) is 109 cm³/mol. The monoisotopic (exact) mass is 466 g/mol. The molecule has 1 atom stereocenters. The van der Waals surface area contributed by atoms with Gasteiger partial charge in [-0.05, 0) is 29.8 Å². The molecule has 3 rings (SSSR count). The van der Waals surface area contributed by atoms with Gasteiger partial charge in [-0.3, -0.25) is 4.79 Å². The fourth-order valence-corrected chi connectivity index (χ4v) is 3.55. The van der Waals surface area contributed by atoms with E-state index in [0.29, 0.717) is 5.01 Å². The van der Waals surface area contributed by atoms with E-state index in [2.05, 4.69) is 15.0 Å². The number of alkyl halides is 3. The molecule has 1 heterocycles. The maximum absolute atomic E-state index is 12.4. The number of hydrogen-bond donors (Lipinski definition) is 2. The minimum atomic E-state index is -4.79. The lowest BCUT2D eigenvalue weighted by Gasteiger charge is -2.18. The molecule has 2 N–H and O–H groups in total. The van der Waals surface area contributed by atoms with Crippen molar-refractivity contribution >= 4 is 23.2 Å². The zero-order valence-electron chi connectivity index (χ0n) is 16.3. The third-order valence-electron chi connectivity index (χ3n) is 4.11. The first-order chi connectivity index (χ1) is 15.2. The van der Waals surface area contributed by atoms with Crippen molar-refractivity contribution < 1.29 is 37.3 Å². The zero-order chi connectivity index (χ0) is 23.1. The van der Waals surface area contributed by atoms with Crippen LogP contribution >= 0.6 is 11.3 Å². The SMILES string of the molecule is O=C(COc1ccc(OC(F)(F)F)cc1)NC(Cc1nc(C(=O)O)cs1)c1ccccc1. The van der Waals surface area contributed by atoms with E-state index in [1.165, 1.54) is 28.8 Å². The van der Waals surface area contributed by atoms with E-state index in [1.807, 2.05) is 18.2 Å². The number of aromatic carboxylic acids is 1. The summed E-state index contributed by atoms with van der Waals surface area (Å²) in [6.07, 6.45) is -4.52. The number of benzene rings is 2. The van der Waals surface area contributed by atoms with Crippen molar-refractivity contribution in [3.63, 3.8) is 0 Å². The van der Waals surface area contributed by atoms with Crippen molar-refractivity contribution in [2.75, 3.05) is 6.61 Å². The topological polar surface area (TPSA) is 97.8 Å². The summed E-state index contributed by atoms with van der Waals surface area (Å²) >= 11 is 1.18. The molecule has 0 aliphatic carbocycles. The Balaban J connectivity index is 1.61.